The quantitative estimate of drug-likeness (QED) is 0.248. The van der Waals surface area contributed by atoms with Crippen LogP contribution in [0.4, 0.5) is 5.82 Å². The van der Waals surface area contributed by atoms with Crippen LogP contribution in [0.15, 0.2) is 57.2 Å². The van der Waals surface area contributed by atoms with Gasteiger partial charge in [0.25, 0.3) is 5.56 Å². The van der Waals surface area contributed by atoms with Crippen molar-refractivity contribution in [3.8, 4) is 0 Å². The molecule has 0 fully saturated rings. The summed E-state index contributed by atoms with van der Waals surface area (Å²) in [6.07, 6.45) is 0.466. The Hall–Kier alpha value is -3.86. The molecule has 4 rings (SSSR count). The summed E-state index contributed by atoms with van der Waals surface area (Å²) in [6, 6.07) is 14.0. The molecule has 0 spiro atoms. The van der Waals surface area contributed by atoms with Crippen LogP contribution in [0.2, 0.25) is 0 Å². The van der Waals surface area contributed by atoms with Crippen LogP contribution in [-0.2, 0) is 20.5 Å². The van der Waals surface area contributed by atoms with Gasteiger partial charge in [-0.3, -0.25) is 18.7 Å². The number of ketones is 1. The molecule has 0 aliphatic heterocycles. The van der Waals surface area contributed by atoms with Crippen LogP contribution in [0.25, 0.3) is 10.8 Å². The molecule has 2 aromatic heterocycles. The predicted octanol–water partition coefficient (Wildman–Crippen LogP) is 0.691. The third kappa shape index (κ3) is 3.66. The molecular weight excluding hydrogens is 430 g/mol. The summed E-state index contributed by atoms with van der Waals surface area (Å²) in [5.41, 5.74) is 5.33. The zero-order valence-electron chi connectivity index (χ0n) is 17.5. The number of nitrogens with two attached hydrogens (primary N) is 2. The number of thioether (sulfide) groups is 1. The average molecular weight is 452 g/mol. The standard InChI is InChI=1S/C21H21N7O3S/c1-26-18(22)17(19(30)27(2)21(26)31)15(29)11-32-20-25-24-16(28(20)23)10-13-8-5-7-12-6-3-4-9-14(12)13/h3-9H,10-11,22-23H2,1-2H3. The molecule has 0 bridgehead atoms. The maximum atomic E-state index is 12.7. The lowest BCUT2D eigenvalue weighted by atomic mass is 10.0. The van der Waals surface area contributed by atoms with Crippen molar-refractivity contribution in [2.24, 2.45) is 14.1 Å². The minimum Gasteiger partial charge on any atom is -0.384 e. The first-order chi connectivity index (χ1) is 15.3. The zero-order valence-corrected chi connectivity index (χ0v) is 18.3. The summed E-state index contributed by atoms with van der Waals surface area (Å²) in [6.45, 7) is 0. The van der Waals surface area contributed by atoms with Gasteiger partial charge in [-0.05, 0) is 16.3 Å². The van der Waals surface area contributed by atoms with Crippen LogP contribution in [0.5, 0.6) is 0 Å². The highest BCUT2D eigenvalue weighted by Crippen LogP contribution is 2.22. The fourth-order valence-corrected chi connectivity index (χ4v) is 4.21. The number of Topliss-reactive ketones (excluding diaryl/α,β-unsaturated/α-hetero) is 1. The number of hydrogen-bond acceptors (Lipinski definition) is 8. The van der Waals surface area contributed by atoms with Gasteiger partial charge in [0, 0.05) is 20.5 Å². The third-order valence-electron chi connectivity index (χ3n) is 5.28. The lowest BCUT2D eigenvalue weighted by Gasteiger charge is -2.10. The predicted molar refractivity (Wildman–Crippen MR) is 123 cm³/mol. The van der Waals surface area contributed by atoms with E-state index < -0.39 is 17.0 Å². The van der Waals surface area contributed by atoms with Crippen LogP contribution in [0.1, 0.15) is 21.7 Å². The number of nitrogen functional groups attached to an aromatic ring is 2. The van der Waals surface area contributed by atoms with E-state index in [1.54, 1.807) is 0 Å². The first-order valence-electron chi connectivity index (χ1n) is 9.67. The second-order valence-electron chi connectivity index (χ2n) is 7.26. The Bertz CT molecular complexity index is 1460. The Morgan fingerprint density at radius 2 is 1.75 bits per heavy atom. The van der Waals surface area contributed by atoms with Crippen molar-refractivity contribution in [1.82, 2.24) is 24.0 Å². The Morgan fingerprint density at radius 1 is 1.03 bits per heavy atom. The summed E-state index contributed by atoms with van der Waals surface area (Å²) < 4.78 is 3.25. The number of carbonyl (C=O) groups excluding carboxylic acids is 1. The number of nitrogens with zero attached hydrogens (tertiary/aromatic N) is 5. The third-order valence-corrected chi connectivity index (χ3v) is 6.23. The second-order valence-corrected chi connectivity index (χ2v) is 8.20. The van der Waals surface area contributed by atoms with Crippen molar-refractivity contribution >= 4 is 34.1 Å². The molecular formula is C21H21N7O3S. The van der Waals surface area contributed by atoms with E-state index in [0.717, 1.165) is 37.2 Å². The summed E-state index contributed by atoms with van der Waals surface area (Å²) in [5, 5.41) is 10.8. The highest BCUT2D eigenvalue weighted by molar-refractivity contribution is 7.99. The van der Waals surface area contributed by atoms with E-state index >= 15 is 0 Å². The lowest BCUT2D eigenvalue weighted by molar-refractivity contribution is 0.102. The number of carbonyl (C=O) groups is 1. The van der Waals surface area contributed by atoms with Crippen molar-refractivity contribution in [2.45, 2.75) is 11.6 Å². The molecule has 164 valence electrons. The zero-order chi connectivity index (χ0) is 23.0. The largest absolute Gasteiger partial charge is 0.384 e. The molecule has 0 unspecified atom stereocenters. The molecule has 2 aromatic carbocycles. The normalized spacial score (nSPS) is 11.2. The number of anilines is 1. The first kappa shape index (κ1) is 21.4. The summed E-state index contributed by atoms with van der Waals surface area (Å²) >= 11 is 1.04. The van der Waals surface area contributed by atoms with E-state index in [0.29, 0.717) is 17.4 Å². The van der Waals surface area contributed by atoms with Gasteiger partial charge in [-0.1, -0.05) is 54.2 Å². The molecule has 0 saturated carbocycles. The van der Waals surface area contributed by atoms with Gasteiger partial charge in [-0.15, -0.1) is 10.2 Å². The second kappa shape index (κ2) is 8.35. The minimum absolute atomic E-state index is 0.138. The molecule has 0 radical (unpaired) electrons. The van der Waals surface area contributed by atoms with E-state index in [1.165, 1.54) is 18.8 Å². The van der Waals surface area contributed by atoms with Crippen LogP contribution < -0.4 is 22.8 Å². The summed E-state index contributed by atoms with van der Waals surface area (Å²) in [7, 11) is 2.70. The topological polar surface area (TPSA) is 144 Å². The van der Waals surface area contributed by atoms with Gasteiger partial charge in [0.1, 0.15) is 11.4 Å². The van der Waals surface area contributed by atoms with Gasteiger partial charge >= 0.3 is 5.69 Å². The number of rotatable bonds is 6. The van der Waals surface area contributed by atoms with Gasteiger partial charge in [0.2, 0.25) is 5.16 Å². The maximum Gasteiger partial charge on any atom is 0.332 e. The van der Waals surface area contributed by atoms with E-state index in [4.69, 9.17) is 11.6 Å². The Kier molecular flexibility index (Phi) is 5.57. The molecule has 4 aromatic rings. The number of hydrogen-bond donors (Lipinski definition) is 2. The van der Waals surface area contributed by atoms with E-state index in [9.17, 15) is 14.4 Å². The Morgan fingerprint density at radius 3 is 2.53 bits per heavy atom. The molecule has 10 nitrogen and oxygen atoms in total. The maximum absolute atomic E-state index is 12.7. The van der Waals surface area contributed by atoms with Crippen molar-refractivity contribution in [1.29, 1.82) is 0 Å². The number of aromatic nitrogens is 5. The fourth-order valence-electron chi connectivity index (χ4n) is 3.47. The van der Waals surface area contributed by atoms with Gasteiger partial charge in [-0.25, -0.2) is 9.47 Å². The van der Waals surface area contributed by atoms with E-state index in [1.807, 2.05) is 42.5 Å². The minimum atomic E-state index is -0.734. The van der Waals surface area contributed by atoms with Gasteiger partial charge in [0.15, 0.2) is 11.6 Å². The average Bonchev–Trinajstić information content (AvgIpc) is 3.14. The summed E-state index contributed by atoms with van der Waals surface area (Å²) in [4.78, 5) is 37.0. The molecule has 0 atom stereocenters. The van der Waals surface area contributed by atoms with E-state index in [2.05, 4.69) is 10.2 Å². The summed E-state index contributed by atoms with van der Waals surface area (Å²) in [5.74, 6) is 5.87. The van der Waals surface area contributed by atoms with Crippen molar-refractivity contribution in [3.05, 3.63) is 80.3 Å². The number of benzene rings is 2. The lowest BCUT2D eigenvalue weighted by Crippen LogP contribution is -2.41. The smallest absolute Gasteiger partial charge is 0.332 e. The Labute approximate surface area is 186 Å². The van der Waals surface area contributed by atoms with Gasteiger partial charge in [-0.2, -0.15) is 0 Å². The van der Waals surface area contributed by atoms with Crippen LogP contribution in [-0.4, -0.2) is 35.5 Å². The highest BCUT2D eigenvalue weighted by atomic mass is 32.2. The van der Waals surface area contributed by atoms with Crippen molar-refractivity contribution in [2.75, 3.05) is 17.3 Å². The van der Waals surface area contributed by atoms with Crippen molar-refractivity contribution < 1.29 is 4.79 Å². The molecule has 0 amide bonds. The van der Waals surface area contributed by atoms with Crippen LogP contribution in [0, 0.1) is 0 Å². The molecule has 0 saturated heterocycles. The first-order valence-corrected chi connectivity index (χ1v) is 10.7. The van der Waals surface area contributed by atoms with Crippen LogP contribution in [0.3, 0.4) is 0 Å². The number of fused-ring (bicyclic) bond motifs is 1. The van der Waals surface area contributed by atoms with Crippen LogP contribution >= 0.6 is 11.8 Å². The molecule has 0 aliphatic rings. The molecule has 32 heavy (non-hydrogen) atoms. The van der Waals surface area contributed by atoms with Gasteiger partial charge in [0.05, 0.1) is 5.75 Å². The van der Waals surface area contributed by atoms with E-state index in [-0.39, 0.29) is 17.1 Å². The van der Waals surface area contributed by atoms with Gasteiger partial charge < -0.3 is 11.6 Å². The molecule has 2 heterocycles. The van der Waals surface area contributed by atoms with Crippen molar-refractivity contribution in [3.63, 3.8) is 0 Å². The fraction of sp³-hybridized carbons (Fsp3) is 0.190. The SMILES string of the molecule is Cn1c(N)c(C(=O)CSc2nnc(Cc3cccc4ccccc34)n2N)c(=O)n(C)c1=O. The molecule has 0 aliphatic carbocycles. The molecule has 11 heteroatoms. The highest BCUT2D eigenvalue weighted by Gasteiger charge is 2.21. The monoisotopic (exact) mass is 451 g/mol. The Balaban J connectivity index is 1.55. The molecule has 4 N–H and O–H groups in total.